The summed E-state index contributed by atoms with van der Waals surface area (Å²) < 4.78 is 29.0. The van der Waals surface area contributed by atoms with Crippen molar-refractivity contribution < 1.29 is 13.2 Å². The maximum Gasteiger partial charge on any atom is 0.330 e. The van der Waals surface area contributed by atoms with Crippen molar-refractivity contribution in [2.75, 3.05) is 30.3 Å². The van der Waals surface area contributed by atoms with E-state index in [-0.39, 0.29) is 42.6 Å². The van der Waals surface area contributed by atoms with Crippen LogP contribution >= 0.6 is 0 Å². The van der Waals surface area contributed by atoms with Gasteiger partial charge in [0.25, 0.3) is 11.1 Å². The molecule has 13 heteroatoms. The number of rotatable bonds is 11. The van der Waals surface area contributed by atoms with Crippen LogP contribution in [0.1, 0.15) is 40.5 Å². The standard InChI is InChI=1S/C21H32N6O6S/c1-5-9-12-27-19(22)18(20(30)23-21(27)31)26(8-4)17(29)14-24-13-15(10-11-16(24)28)34(32,33)25(6-2)7-3/h10-11,13H,5-9,12,14,22H2,1-4H3,(H,23,30,31). The second kappa shape index (κ2) is 11.3. The van der Waals surface area contributed by atoms with E-state index in [0.717, 1.165) is 28.2 Å². The van der Waals surface area contributed by atoms with Gasteiger partial charge in [-0.3, -0.25) is 23.9 Å². The number of unbranched alkanes of at least 4 members (excludes halogenated alkanes) is 1. The Bertz CT molecular complexity index is 1310. The molecule has 0 saturated carbocycles. The molecule has 0 unspecified atom stereocenters. The molecule has 12 nitrogen and oxygen atoms in total. The van der Waals surface area contributed by atoms with E-state index in [1.165, 1.54) is 14.9 Å². The van der Waals surface area contributed by atoms with Gasteiger partial charge in [-0.2, -0.15) is 4.31 Å². The molecule has 0 aliphatic rings. The number of likely N-dealkylation sites (N-methyl/N-ethyl adjacent to an activating group) is 1. The van der Waals surface area contributed by atoms with Gasteiger partial charge >= 0.3 is 5.69 Å². The van der Waals surface area contributed by atoms with Gasteiger partial charge in [-0.05, 0) is 19.4 Å². The molecule has 0 aliphatic heterocycles. The topological polar surface area (TPSA) is 161 Å². The van der Waals surface area contributed by atoms with Crippen molar-refractivity contribution >= 4 is 27.4 Å². The summed E-state index contributed by atoms with van der Waals surface area (Å²) in [6.45, 7) is 7.20. The van der Waals surface area contributed by atoms with E-state index >= 15 is 0 Å². The quantitative estimate of drug-likeness (QED) is 0.448. The average Bonchev–Trinajstić information content (AvgIpc) is 2.78. The Morgan fingerprint density at radius 2 is 1.71 bits per heavy atom. The minimum atomic E-state index is -3.85. The van der Waals surface area contributed by atoms with Crippen LogP contribution in [-0.4, -0.2) is 52.4 Å². The van der Waals surface area contributed by atoms with Gasteiger partial charge in [-0.25, -0.2) is 13.2 Å². The summed E-state index contributed by atoms with van der Waals surface area (Å²) in [5.74, 6) is -0.817. The van der Waals surface area contributed by atoms with Gasteiger partial charge in [0.2, 0.25) is 15.9 Å². The highest BCUT2D eigenvalue weighted by molar-refractivity contribution is 7.89. The van der Waals surface area contributed by atoms with E-state index in [2.05, 4.69) is 4.98 Å². The number of nitrogens with one attached hydrogen (secondary N) is 1. The first-order chi connectivity index (χ1) is 16.0. The Kier molecular flexibility index (Phi) is 8.99. The lowest BCUT2D eigenvalue weighted by Gasteiger charge is -2.24. The molecule has 0 aromatic carbocycles. The molecule has 34 heavy (non-hydrogen) atoms. The zero-order valence-electron chi connectivity index (χ0n) is 19.9. The third kappa shape index (κ3) is 5.47. The van der Waals surface area contributed by atoms with Crippen molar-refractivity contribution in [1.82, 2.24) is 18.4 Å². The molecule has 0 spiro atoms. The number of sulfonamides is 1. The van der Waals surface area contributed by atoms with Crippen molar-refractivity contribution in [1.29, 1.82) is 0 Å². The number of hydrogen-bond acceptors (Lipinski definition) is 7. The van der Waals surface area contributed by atoms with Crippen molar-refractivity contribution in [2.45, 2.75) is 58.5 Å². The first-order valence-electron chi connectivity index (χ1n) is 11.2. The minimum absolute atomic E-state index is 0.0320. The summed E-state index contributed by atoms with van der Waals surface area (Å²) in [4.78, 5) is 53.4. The van der Waals surface area contributed by atoms with E-state index < -0.39 is 39.3 Å². The van der Waals surface area contributed by atoms with E-state index in [4.69, 9.17) is 5.73 Å². The summed E-state index contributed by atoms with van der Waals surface area (Å²) in [6, 6.07) is 2.27. The molecule has 2 heterocycles. The molecule has 0 fully saturated rings. The second-order valence-corrected chi connectivity index (χ2v) is 9.49. The third-order valence-corrected chi connectivity index (χ3v) is 7.48. The fourth-order valence-electron chi connectivity index (χ4n) is 3.56. The summed E-state index contributed by atoms with van der Waals surface area (Å²) in [5, 5.41) is 0. The highest BCUT2D eigenvalue weighted by Crippen LogP contribution is 2.18. The van der Waals surface area contributed by atoms with Gasteiger partial charge in [-0.15, -0.1) is 0 Å². The molecule has 0 aliphatic carbocycles. The molecular weight excluding hydrogens is 464 g/mol. The van der Waals surface area contributed by atoms with Crippen LogP contribution in [0.4, 0.5) is 11.5 Å². The van der Waals surface area contributed by atoms with Crippen molar-refractivity contribution in [2.24, 2.45) is 0 Å². The molecule has 2 rings (SSSR count). The van der Waals surface area contributed by atoms with Crippen LogP contribution in [0.3, 0.4) is 0 Å². The van der Waals surface area contributed by atoms with Crippen LogP contribution in [0.15, 0.2) is 37.6 Å². The summed E-state index contributed by atoms with van der Waals surface area (Å²) >= 11 is 0. The lowest BCUT2D eigenvalue weighted by Crippen LogP contribution is -2.43. The number of carbonyl (C=O) groups excluding carboxylic acids is 1. The zero-order valence-corrected chi connectivity index (χ0v) is 20.7. The summed E-state index contributed by atoms with van der Waals surface area (Å²) in [5.41, 5.74) is 3.83. The Morgan fingerprint density at radius 1 is 1.06 bits per heavy atom. The Labute approximate surface area is 197 Å². The van der Waals surface area contributed by atoms with Crippen LogP contribution in [0, 0.1) is 0 Å². The normalized spacial score (nSPS) is 11.7. The number of hydrogen-bond donors (Lipinski definition) is 2. The van der Waals surface area contributed by atoms with Gasteiger partial charge in [0.05, 0.1) is 4.90 Å². The van der Waals surface area contributed by atoms with Gasteiger partial charge in [0.15, 0.2) is 5.69 Å². The Hall–Kier alpha value is -3.19. The van der Waals surface area contributed by atoms with E-state index in [1.54, 1.807) is 20.8 Å². The van der Waals surface area contributed by atoms with Crippen LogP contribution < -0.4 is 27.4 Å². The van der Waals surface area contributed by atoms with E-state index in [9.17, 15) is 27.6 Å². The number of nitrogen functional groups attached to an aromatic ring is 1. The van der Waals surface area contributed by atoms with Crippen molar-refractivity contribution in [3.05, 3.63) is 49.5 Å². The highest BCUT2D eigenvalue weighted by atomic mass is 32.2. The first-order valence-corrected chi connectivity index (χ1v) is 12.6. The molecular formula is C21H32N6O6S. The van der Waals surface area contributed by atoms with Crippen LogP contribution in [0.2, 0.25) is 0 Å². The highest BCUT2D eigenvalue weighted by Gasteiger charge is 2.25. The molecule has 0 radical (unpaired) electrons. The van der Waals surface area contributed by atoms with Gasteiger partial charge in [-0.1, -0.05) is 27.2 Å². The first kappa shape index (κ1) is 27.1. The van der Waals surface area contributed by atoms with Crippen molar-refractivity contribution in [3.8, 4) is 0 Å². The average molecular weight is 497 g/mol. The predicted molar refractivity (Wildman–Crippen MR) is 129 cm³/mol. The largest absolute Gasteiger partial charge is 0.383 e. The van der Waals surface area contributed by atoms with Crippen LogP contribution in [0.5, 0.6) is 0 Å². The van der Waals surface area contributed by atoms with E-state index in [0.29, 0.717) is 6.42 Å². The molecule has 3 N–H and O–H groups in total. The number of H-pyrrole nitrogens is 1. The molecule has 0 bridgehead atoms. The fraction of sp³-hybridized carbons (Fsp3) is 0.524. The summed E-state index contributed by atoms with van der Waals surface area (Å²) in [6.07, 6.45) is 2.53. The third-order valence-electron chi connectivity index (χ3n) is 5.44. The molecule has 1 amide bonds. The number of pyridine rings is 1. The maximum absolute atomic E-state index is 13.1. The van der Waals surface area contributed by atoms with Crippen LogP contribution in [-0.2, 0) is 27.9 Å². The van der Waals surface area contributed by atoms with Gasteiger partial charge < -0.3 is 15.2 Å². The maximum atomic E-state index is 13.1. The number of nitrogens with zero attached hydrogens (tertiary/aromatic N) is 4. The smallest absolute Gasteiger partial charge is 0.330 e. The number of aromatic nitrogens is 3. The predicted octanol–water partition coefficient (Wildman–Crippen LogP) is 0.164. The molecule has 0 atom stereocenters. The van der Waals surface area contributed by atoms with Crippen LogP contribution in [0.25, 0.3) is 0 Å². The van der Waals surface area contributed by atoms with Gasteiger partial charge in [0.1, 0.15) is 12.4 Å². The Morgan fingerprint density at radius 3 is 2.26 bits per heavy atom. The number of anilines is 2. The number of nitrogens with two attached hydrogens (primary N) is 1. The second-order valence-electron chi connectivity index (χ2n) is 7.56. The zero-order chi connectivity index (χ0) is 25.6. The molecule has 2 aromatic rings. The number of amides is 1. The SMILES string of the molecule is CCCCn1c(N)c(N(CC)C(=O)Cn2cc(S(=O)(=O)N(CC)CC)ccc2=O)c(=O)[nH]c1=O. The molecule has 0 saturated heterocycles. The fourth-order valence-corrected chi connectivity index (χ4v) is 5.04. The number of aromatic amines is 1. The lowest BCUT2D eigenvalue weighted by molar-refractivity contribution is -0.119. The van der Waals surface area contributed by atoms with E-state index in [1.807, 2.05) is 6.92 Å². The minimum Gasteiger partial charge on any atom is -0.383 e. The monoisotopic (exact) mass is 496 g/mol. The number of carbonyl (C=O) groups is 1. The molecule has 2 aromatic heterocycles. The Balaban J connectivity index is 2.49. The lowest BCUT2D eigenvalue weighted by atomic mass is 10.3. The molecule has 188 valence electrons. The summed E-state index contributed by atoms with van der Waals surface area (Å²) in [7, 11) is -3.85. The van der Waals surface area contributed by atoms with Gasteiger partial charge in [0, 0.05) is 38.4 Å². The van der Waals surface area contributed by atoms with Crippen molar-refractivity contribution in [3.63, 3.8) is 0 Å².